The van der Waals surface area contributed by atoms with Crippen LogP contribution in [0.3, 0.4) is 0 Å². The van der Waals surface area contributed by atoms with Crippen molar-refractivity contribution in [1.82, 2.24) is 4.90 Å². The molecule has 54 valence electrons. The van der Waals surface area contributed by atoms with Gasteiger partial charge < -0.3 is 0 Å². The lowest BCUT2D eigenvalue weighted by molar-refractivity contribution is -0.130. The van der Waals surface area contributed by atoms with Crippen molar-refractivity contribution in [2.45, 2.75) is 6.42 Å². The minimum atomic E-state index is -0.256. The summed E-state index contributed by atoms with van der Waals surface area (Å²) in [7, 11) is 0. The summed E-state index contributed by atoms with van der Waals surface area (Å²) in [5.74, 6) is 0.0231. The van der Waals surface area contributed by atoms with Crippen LogP contribution in [-0.2, 0) is 9.59 Å². The molecule has 0 spiro atoms. The largest absolute Gasteiger partial charge is 0.299 e. The molecule has 0 saturated carbocycles. The minimum absolute atomic E-state index is 0.127. The number of ketones is 2. The molecule has 0 aromatic carbocycles. The van der Waals surface area contributed by atoms with E-state index in [2.05, 4.69) is 4.90 Å². The zero-order valence-electron chi connectivity index (χ0n) is 5.67. The summed E-state index contributed by atoms with van der Waals surface area (Å²) < 4.78 is 0. The van der Waals surface area contributed by atoms with Gasteiger partial charge in [-0.05, 0) is 0 Å². The summed E-state index contributed by atoms with van der Waals surface area (Å²) in [6.45, 7) is 2.00. The smallest absolute Gasteiger partial charge is 0.158 e. The summed E-state index contributed by atoms with van der Waals surface area (Å²) in [4.78, 5) is 24.1. The van der Waals surface area contributed by atoms with Crippen molar-refractivity contribution in [3.63, 3.8) is 0 Å². The van der Waals surface area contributed by atoms with Gasteiger partial charge in [0.05, 0.1) is 12.5 Å². The molecule has 2 heterocycles. The fourth-order valence-electron chi connectivity index (χ4n) is 1.65. The lowest BCUT2D eigenvalue weighted by Gasteiger charge is -2.18. The van der Waals surface area contributed by atoms with Gasteiger partial charge in [0.2, 0.25) is 0 Å². The van der Waals surface area contributed by atoms with E-state index in [0.717, 1.165) is 6.54 Å². The van der Waals surface area contributed by atoms with Crippen LogP contribution in [0.4, 0.5) is 0 Å². The molecule has 0 amide bonds. The lowest BCUT2D eigenvalue weighted by atomic mass is 9.98. The Labute approximate surface area is 59.0 Å². The third-order valence-corrected chi connectivity index (χ3v) is 2.27. The number of Topliss-reactive ketones (excluding diaryl/α,β-unsaturated/α-hetero) is 2. The molecule has 10 heavy (non-hydrogen) atoms. The quantitative estimate of drug-likeness (QED) is 0.423. The summed E-state index contributed by atoms with van der Waals surface area (Å²) in [6.07, 6.45) is 0.580. The number of nitrogens with zero attached hydrogens (tertiary/aromatic N) is 1. The Balaban J connectivity index is 2.25. The van der Waals surface area contributed by atoms with E-state index in [1.54, 1.807) is 0 Å². The first-order chi connectivity index (χ1) is 4.77. The molecular formula is C7H9NO2. The second kappa shape index (κ2) is 1.89. The summed E-state index contributed by atoms with van der Waals surface area (Å²) in [5.41, 5.74) is 0. The first-order valence-corrected chi connectivity index (χ1v) is 3.55. The van der Waals surface area contributed by atoms with Crippen LogP contribution in [0.2, 0.25) is 0 Å². The number of piperidine rings is 1. The van der Waals surface area contributed by atoms with Crippen LogP contribution in [0, 0.1) is 5.92 Å². The molecule has 0 radical (unpaired) electrons. The number of hydrogen-bond donors (Lipinski definition) is 0. The molecule has 3 heteroatoms. The van der Waals surface area contributed by atoms with Crippen molar-refractivity contribution in [1.29, 1.82) is 0 Å². The predicted molar refractivity (Wildman–Crippen MR) is 34.6 cm³/mol. The fraction of sp³-hybridized carbons (Fsp3) is 0.714. The second-order valence-corrected chi connectivity index (χ2v) is 2.97. The van der Waals surface area contributed by atoms with Crippen LogP contribution in [0.15, 0.2) is 0 Å². The van der Waals surface area contributed by atoms with Crippen LogP contribution in [0.25, 0.3) is 0 Å². The zero-order valence-corrected chi connectivity index (χ0v) is 5.67. The SMILES string of the molecule is O=C1CCN2CC(=O)C1C2. The minimum Gasteiger partial charge on any atom is -0.299 e. The van der Waals surface area contributed by atoms with E-state index in [-0.39, 0.29) is 17.5 Å². The van der Waals surface area contributed by atoms with E-state index >= 15 is 0 Å². The monoisotopic (exact) mass is 139 g/mol. The molecule has 2 fully saturated rings. The molecule has 2 saturated heterocycles. The molecule has 3 nitrogen and oxygen atoms in total. The highest BCUT2D eigenvalue weighted by molar-refractivity contribution is 6.05. The van der Waals surface area contributed by atoms with Gasteiger partial charge in [-0.25, -0.2) is 0 Å². The van der Waals surface area contributed by atoms with Crippen molar-refractivity contribution in [3.8, 4) is 0 Å². The highest BCUT2D eigenvalue weighted by Crippen LogP contribution is 2.20. The number of rotatable bonds is 0. The van der Waals surface area contributed by atoms with Gasteiger partial charge in [0.25, 0.3) is 0 Å². The van der Waals surface area contributed by atoms with Crippen molar-refractivity contribution in [2.75, 3.05) is 19.6 Å². The van der Waals surface area contributed by atoms with Crippen LogP contribution < -0.4 is 0 Å². The van der Waals surface area contributed by atoms with Crippen molar-refractivity contribution >= 4 is 11.6 Å². The van der Waals surface area contributed by atoms with Gasteiger partial charge >= 0.3 is 0 Å². The van der Waals surface area contributed by atoms with E-state index < -0.39 is 0 Å². The Morgan fingerprint density at radius 2 is 2.10 bits per heavy atom. The topological polar surface area (TPSA) is 37.4 Å². The maximum absolute atomic E-state index is 11.0. The van der Waals surface area contributed by atoms with Gasteiger partial charge in [-0.15, -0.1) is 0 Å². The molecule has 0 aromatic rings. The first-order valence-electron chi connectivity index (χ1n) is 3.55. The molecule has 0 aromatic heterocycles. The Morgan fingerprint density at radius 1 is 1.30 bits per heavy atom. The molecule has 0 aliphatic carbocycles. The van der Waals surface area contributed by atoms with Gasteiger partial charge in [-0.2, -0.15) is 0 Å². The summed E-state index contributed by atoms with van der Waals surface area (Å²) in [6, 6.07) is 0. The summed E-state index contributed by atoms with van der Waals surface area (Å²) in [5, 5.41) is 0. The van der Waals surface area contributed by atoms with Gasteiger partial charge in [0.15, 0.2) is 5.78 Å². The Hall–Kier alpha value is -0.700. The third kappa shape index (κ3) is 0.703. The number of hydrogen-bond acceptors (Lipinski definition) is 3. The van der Waals surface area contributed by atoms with Gasteiger partial charge in [-0.1, -0.05) is 0 Å². The van der Waals surface area contributed by atoms with E-state index in [1.165, 1.54) is 0 Å². The maximum Gasteiger partial charge on any atom is 0.158 e. The van der Waals surface area contributed by atoms with Crippen molar-refractivity contribution < 1.29 is 9.59 Å². The number of carbonyl (C=O) groups is 2. The molecule has 2 aliphatic heterocycles. The van der Waals surface area contributed by atoms with Crippen molar-refractivity contribution in [3.05, 3.63) is 0 Å². The summed E-state index contributed by atoms with van der Waals surface area (Å²) >= 11 is 0. The average Bonchev–Trinajstić information content (AvgIpc) is 2.21. The molecule has 2 unspecified atom stereocenters. The van der Waals surface area contributed by atoms with E-state index in [0.29, 0.717) is 19.5 Å². The average molecular weight is 139 g/mol. The zero-order chi connectivity index (χ0) is 7.14. The highest BCUT2D eigenvalue weighted by Gasteiger charge is 2.39. The molecular weight excluding hydrogens is 130 g/mol. The lowest BCUT2D eigenvalue weighted by Crippen LogP contribution is -2.32. The molecule has 2 bridgehead atoms. The van der Waals surface area contributed by atoms with Gasteiger partial charge in [0, 0.05) is 19.5 Å². The Kier molecular flexibility index (Phi) is 1.14. The van der Waals surface area contributed by atoms with Crippen LogP contribution >= 0.6 is 0 Å². The van der Waals surface area contributed by atoms with Crippen LogP contribution in [-0.4, -0.2) is 36.1 Å². The fourth-order valence-corrected chi connectivity index (χ4v) is 1.65. The first kappa shape index (κ1) is 6.04. The highest BCUT2D eigenvalue weighted by atomic mass is 16.2. The third-order valence-electron chi connectivity index (χ3n) is 2.27. The second-order valence-electron chi connectivity index (χ2n) is 2.97. The number of carbonyl (C=O) groups excluding carboxylic acids is 2. The van der Waals surface area contributed by atoms with Crippen molar-refractivity contribution in [2.24, 2.45) is 5.92 Å². The Bertz CT molecular complexity index is 192. The van der Waals surface area contributed by atoms with E-state index in [1.807, 2.05) is 0 Å². The van der Waals surface area contributed by atoms with Crippen LogP contribution in [0.5, 0.6) is 0 Å². The van der Waals surface area contributed by atoms with Crippen LogP contribution in [0.1, 0.15) is 6.42 Å². The Morgan fingerprint density at radius 3 is 2.80 bits per heavy atom. The van der Waals surface area contributed by atoms with Gasteiger partial charge in [0.1, 0.15) is 5.78 Å². The molecule has 2 rings (SSSR count). The molecule has 2 aliphatic rings. The standard InChI is InChI=1S/C7H9NO2/c9-6-1-2-8-3-5(6)7(10)4-8/h5H,1-4H2. The number of fused-ring (bicyclic) bond motifs is 2. The van der Waals surface area contributed by atoms with E-state index in [9.17, 15) is 9.59 Å². The molecule has 2 atom stereocenters. The molecule has 0 N–H and O–H groups in total. The van der Waals surface area contributed by atoms with E-state index in [4.69, 9.17) is 0 Å². The van der Waals surface area contributed by atoms with Gasteiger partial charge in [-0.3, -0.25) is 14.5 Å². The normalized spacial score (nSPS) is 38.8. The maximum atomic E-state index is 11.0. The predicted octanol–water partition coefficient (Wildman–Crippen LogP) is -0.540.